The number of hydrogen-bond donors (Lipinski definition) is 1. The molecule has 0 unspecified atom stereocenters. The molecule has 1 aliphatic heterocycles. The Labute approximate surface area is 153 Å². The van der Waals surface area contributed by atoms with Crippen LogP contribution < -0.4 is 10.1 Å². The topological polar surface area (TPSA) is 55.4 Å². The lowest BCUT2D eigenvalue weighted by Crippen LogP contribution is -2.38. The Bertz CT molecular complexity index is 797. The third-order valence-corrected chi connectivity index (χ3v) is 4.43. The van der Waals surface area contributed by atoms with Crippen LogP contribution in [0.25, 0.3) is 6.08 Å². The maximum atomic E-state index is 12.7. The summed E-state index contributed by atoms with van der Waals surface area (Å²) in [4.78, 5) is 24.2. The Morgan fingerprint density at radius 3 is 2.73 bits per heavy atom. The van der Waals surface area contributed by atoms with Crippen LogP contribution in [0.15, 0.2) is 54.6 Å². The van der Waals surface area contributed by atoms with Crippen molar-refractivity contribution in [2.24, 2.45) is 0 Å². The zero-order chi connectivity index (χ0) is 18.2. The fourth-order valence-electron chi connectivity index (χ4n) is 3.04. The van der Waals surface area contributed by atoms with Gasteiger partial charge < -0.3 is 14.8 Å². The third kappa shape index (κ3) is 4.60. The van der Waals surface area contributed by atoms with Gasteiger partial charge in [-0.3, -0.25) is 4.79 Å². The van der Waals surface area contributed by atoms with Gasteiger partial charge in [0.15, 0.2) is 0 Å². The summed E-state index contributed by atoms with van der Waals surface area (Å²) in [5.74, 6) is 0.265. The Hall–Kier alpha value is -2.88. The maximum absolute atomic E-state index is 12.7. The van der Waals surface area contributed by atoms with Crippen LogP contribution in [0.4, 0.5) is 0 Å². The molecule has 0 saturated carbocycles. The van der Waals surface area contributed by atoms with Gasteiger partial charge in [0.1, 0.15) is 12.0 Å². The van der Waals surface area contributed by atoms with Crippen LogP contribution in [-0.4, -0.2) is 24.8 Å². The van der Waals surface area contributed by atoms with Crippen molar-refractivity contribution >= 4 is 18.3 Å². The number of benzene rings is 2. The first-order chi connectivity index (χ1) is 12.8. The molecule has 4 heteroatoms. The van der Waals surface area contributed by atoms with Crippen molar-refractivity contribution in [2.45, 2.75) is 31.7 Å². The van der Waals surface area contributed by atoms with E-state index in [2.05, 4.69) is 17.5 Å². The summed E-state index contributed by atoms with van der Waals surface area (Å²) >= 11 is 0. The average molecular weight is 349 g/mol. The van der Waals surface area contributed by atoms with Gasteiger partial charge in [0.05, 0.1) is 18.2 Å². The van der Waals surface area contributed by atoms with Crippen LogP contribution in [-0.2, 0) is 11.2 Å². The number of carbonyl (C=O) groups excluding carboxylic acids is 2. The highest BCUT2D eigenvalue weighted by Gasteiger charge is 2.18. The van der Waals surface area contributed by atoms with Crippen molar-refractivity contribution in [1.29, 1.82) is 0 Å². The van der Waals surface area contributed by atoms with Gasteiger partial charge in [-0.2, -0.15) is 0 Å². The summed E-state index contributed by atoms with van der Waals surface area (Å²) in [7, 11) is 0. The van der Waals surface area contributed by atoms with Gasteiger partial charge in [-0.05, 0) is 42.5 Å². The second-order valence-electron chi connectivity index (χ2n) is 6.36. The van der Waals surface area contributed by atoms with E-state index >= 15 is 0 Å². The summed E-state index contributed by atoms with van der Waals surface area (Å²) in [6.45, 7) is 0.561. The molecule has 0 fully saturated rings. The first kappa shape index (κ1) is 17.9. The predicted octanol–water partition coefficient (Wildman–Crippen LogP) is 3.80. The fraction of sp³-hybridized carbons (Fsp3) is 0.273. The van der Waals surface area contributed by atoms with E-state index in [0.29, 0.717) is 24.3 Å². The van der Waals surface area contributed by atoms with Crippen LogP contribution in [0.2, 0.25) is 0 Å². The SMILES string of the molecule is O=C[C@@H]1Cc2ccccc2/C=C\CCCCOc2ccccc2C(=O)N1. The number of nitrogens with one attached hydrogen (secondary N) is 1. The number of aldehydes is 1. The minimum atomic E-state index is -0.588. The lowest BCUT2D eigenvalue weighted by atomic mass is 9.99. The minimum absolute atomic E-state index is 0.291. The number of allylic oxidation sites excluding steroid dienone is 1. The molecule has 0 radical (unpaired) electrons. The summed E-state index contributed by atoms with van der Waals surface area (Å²) in [6, 6.07) is 14.5. The summed E-state index contributed by atoms with van der Waals surface area (Å²) in [5, 5.41) is 2.82. The van der Waals surface area contributed by atoms with Crippen LogP contribution in [0.1, 0.15) is 40.7 Å². The van der Waals surface area contributed by atoms with E-state index in [1.54, 1.807) is 18.2 Å². The molecule has 3 rings (SSSR count). The van der Waals surface area contributed by atoms with Crippen molar-refractivity contribution < 1.29 is 14.3 Å². The molecule has 2 aromatic rings. The maximum Gasteiger partial charge on any atom is 0.255 e. The van der Waals surface area contributed by atoms with Gasteiger partial charge in [-0.1, -0.05) is 48.6 Å². The normalized spacial score (nSPS) is 19.5. The molecule has 0 aliphatic carbocycles. The molecular weight excluding hydrogens is 326 g/mol. The molecule has 0 spiro atoms. The van der Waals surface area contributed by atoms with E-state index in [-0.39, 0.29) is 5.91 Å². The number of fused-ring (bicyclic) bond motifs is 2. The Morgan fingerprint density at radius 1 is 1.04 bits per heavy atom. The summed E-state index contributed by atoms with van der Waals surface area (Å²) in [6.07, 6.45) is 8.39. The smallest absolute Gasteiger partial charge is 0.255 e. The second kappa shape index (κ2) is 8.99. The van der Waals surface area contributed by atoms with Crippen LogP contribution >= 0.6 is 0 Å². The molecule has 0 bridgehead atoms. The van der Waals surface area contributed by atoms with Crippen LogP contribution in [0.5, 0.6) is 5.75 Å². The summed E-state index contributed by atoms with van der Waals surface area (Å²) < 4.78 is 5.79. The van der Waals surface area contributed by atoms with E-state index in [1.165, 1.54) is 0 Å². The van der Waals surface area contributed by atoms with Crippen molar-refractivity contribution in [1.82, 2.24) is 5.32 Å². The zero-order valence-electron chi connectivity index (χ0n) is 14.7. The molecule has 1 atom stereocenters. The Balaban J connectivity index is 1.89. The van der Waals surface area contributed by atoms with Gasteiger partial charge in [0.25, 0.3) is 5.91 Å². The minimum Gasteiger partial charge on any atom is -0.493 e. The first-order valence-corrected chi connectivity index (χ1v) is 9.00. The molecule has 134 valence electrons. The van der Waals surface area contributed by atoms with Gasteiger partial charge in [0.2, 0.25) is 0 Å². The molecular formula is C22H23NO3. The van der Waals surface area contributed by atoms with E-state index in [1.807, 2.05) is 30.3 Å². The molecule has 0 aromatic heterocycles. The van der Waals surface area contributed by atoms with E-state index in [9.17, 15) is 9.59 Å². The lowest BCUT2D eigenvalue weighted by Gasteiger charge is -2.16. The zero-order valence-corrected chi connectivity index (χ0v) is 14.7. The molecule has 4 nitrogen and oxygen atoms in total. The highest BCUT2D eigenvalue weighted by molar-refractivity contribution is 5.98. The quantitative estimate of drug-likeness (QED) is 0.797. The fourth-order valence-corrected chi connectivity index (χ4v) is 3.04. The largest absolute Gasteiger partial charge is 0.493 e. The average Bonchev–Trinajstić information content (AvgIpc) is 2.67. The van der Waals surface area contributed by atoms with E-state index in [4.69, 9.17) is 4.74 Å². The van der Waals surface area contributed by atoms with Gasteiger partial charge >= 0.3 is 0 Å². The Morgan fingerprint density at radius 2 is 1.85 bits per heavy atom. The number of carbonyl (C=O) groups is 2. The lowest BCUT2D eigenvalue weighted by molar-refractivity contribution is -0.109. The number of hydrogen-bond acceptors (Lipinski definition) is 3. The third-order valence-electron chi connectivity index (χ3n) is 4.43. The Kier molecular flexibility index (Phi) is 6.20. The van der Waals surface area contributed by atoms with Crippen LogP contribution in [0.3, 0.4) is 0 Å². The monoisotopic (exact) mass is 349 g/mol. The molecule has 26 heavy (non-hydrogen) atoms. The van der Waals surface area contributed by atoms with Gasteiger partial charge in [0, 0.05) is 6.42 Å². The van der Waals surface area contributed by atoms with Crippen molar-refractivity contribution in [3.63, 3.8) is 0 Å². The molecule has 1 aliphatic rings. The molecule has 1 amide bonds. The van der Waals surface area contributed by atoms with Gasteiger partial charge in [-0.25, -0.2) is 0 Å². The highest BCUT2D eigenvalue weighted by atomic mass is 16.5. The molecule has 1 N–H and O–H groups in total. The number of amides is 1. The number of ether oxygens (including phenoxy) is 1. The molecule has 0 saturated heterocycles. The van der Waals surface area contributed by atoms with Crippen molar-refractivity contribution in [3.8, 4) is 5.75 Å². The van der Waals surface area contributed by atoms with E-state index < -0.39 is 6.04 Å². The first-order valence-electron chi connectivity index (χ1n) is 9.00. The van der Waals surface area contributed by atoms with E-state index in [0.717, 1.165) is 36.7 Å². The standard InChI is InChI=1S/C22H23NO3/c24-16-19-15-18-11-5-4-10-17(18)9-3-1-2-8-14-26-21-13-7-6-12-20(21)22(25)23-19/h3-7,9-13,16,19H,1-2,8,14-15H2,(H,23,25)/b9-3-/t19-/m0/s1. The number of para-hydroxylation sites is 1. The van der Waals surface area contributed by atoms with Crippen molar-refractivity contribution in [2.75, 3.05) is 6.61 Å². The molecule has 1 heterocycles. The second-order valence-corrected chi connectivity index (χ2v) is 6.36. The summed E-state index contributed by atoms with van der Waals surface area (Å²) in [5.41, 5.74) is 2.58. The highest BCUT2D eigenvalue weighted by Crippen LogP contribution is 2.20. The molecule has 2 aromatic carbocycles. The number of rotatable bonds is 1. The van der Waals surface area contributed by atoms with Gasteiger partial charge in [-0.15, -0.1) is 0 Å². The van der Waals surface area contributed by atoms with Crippen LogP contribution in [0, 0.1) is 0 Å². The van der Waals surface area contributed by atoms with Crippen molar-refractivity contribution in [3.05, 3.63) is 71.3 Å². The predicted molar refractivity (Wildman–Crippen MR) is 102 cm³/mol.